The largest absolute Gasteiger partial charge is 0.508 e. The van der Waals surface area contributed by atoms with E-state index in [2.05, 4.69) is 0 Å². The lowest BCUT2D eigenvalue weighted by atomic mass is 9.96. The van der Waals surface area contributed by atoms with Crippen molar-refractivity contribution in [2.24, 2.45) is 0 Å². The molecule has 9 atom stereocenters. The first-order valence-electron chi connectivity index (χ1n) is 12.3. The third-order valence-corrected chi connectivity index (χ3v) is 7.11. The zero-order chi connectivity index (χ0) is 27.9. The Bertz CT molecular complexity index is 1170. The fourth-order valence-electron chi connectivity index (χ4n) is 4.75. The molecule has 2 fully saturated rings. The number of ketones is 1. The van der Waals surface area contributed by atoms with E-state index in [0.29, 0.717) is 11.1 Å². The molecule has 5 rings (SSSR count). The minimum Gasteiger partial charge on any atom is -0.508 e. The van der Waals surface area contributed by atoms with Crippen molar-refractivity contribution in [2.75, 3.05) is 19.8 Å². The first-order chi connectivity index (χ1) is 18.6. The maximum absolute atomic E-state index is 12.5. The van der Waals surface area contributed by atoms with Crippen molar-refractivity contribution in [1.29, 1.82) is 0 Å². The van der Waals surface area contributed by atoms with Gasteiger partial charge in [-0.25, -0.2) is 0 Å². The minimum absolute atomic E-state index is 0.0275. The number of benzene rings is 2. The molecule has 2 aromatic rings. The van der Waals surface area contributed by atoms with Crippen molar-refractivity contribution in [3.8, 4) is 17.2 Å². The predicted octanol–water partition coefficient (Wildman–Crippen LogP) is -1.26. The lowest BCUT2D eigenvalue weighted by Crippen LogP contribution is -2.62. The number of ether oxygens (including phenoxy) is 5. The number of rotatable bonds is 7. The van der Waals surface area contributed by atoms with E-state index in [1.807, 2.05) is 0 Å². The number of hydrogen-bond acceptors (Lipinski definition) is 13. The monoisotopic (exact) mass is 550 g/mol. The van der Waals surface area contributed by atoms with E-state index in [1.54, 1.807) is 24.3 Å². The second-order valence-corrected chi connectivity index (χ2v) is 9.79. The fourth-order valence-corrected chi connectivity index (χ4v) is 4.75. The van der Waals surface area contributed by atoms with Gasteiger partial charge in [0.2, 0.25) is 6.29 Å². The van der Waals surface area contributed by atoms with Gasteiger partial charge < -0.3 is 59.4 Å². The van der Waals surface area contributed by atoms with Crippen molar-refractivity contribution in [3.63, 3.8) is 0 Å². The quantitative estimate of drug-likeness (QED) is 0.215. The molecule has 212 valence electrons. The van der Waals surface area contributed by atoms with Gasteiger partial charge in [-0.3, -0.25) is 4.79 Å². The molecule has 0 amide bonds. The summed E-state index contributed by atoms with van der Waals surface area (Å²) in [4.78, 5) is 12.5. The molecule has 2 saturated heterocycles. The maximum Gasteiger partial charge on any atom is 0.229 e. The van der Waals surface area contributed by atoms with Crippen LogP contribution in [0.15, 0.2) is 42.5 Å². The third kappa shape index (κ3) is 5.33. The van der Waals surface area contributed by atoms with Gasteiger partial charge in [0.1, 0.15) is 53.4 Å². The molecule has 0 spiro atoms. The van der Waals surface area contributed by atoms with E-state index in [-0.39, 0.29) is 29.5 Å². The van der Waals surface area contributed by atoms with Crippen molar-refractivity contribution in [2.45, 2.75) is 61.2 Å². The normalized spacial score (nSPS) is 36.3. The van der Waals surface area contributed by atoms with Crippen molar-refractivity contribution < 1.29 is 64.2 Å². The first-order valence-corrected chi connectivity index (χ1v) is 12.3. The Morgan fingerprint density at radius 3 is 2.41 bits per heavy atom. The average molecular weight is 551 g/mol. The summed E-state index contributed by atoms with van der Waals surface area (Å²) in [6.07, 6.45) is -10.9. The van der Waals surface area contributed by atoms with E-state index in [9.17, 15) is 40.5 Å². The summed E-state index contributed by atoms with van der Waals surface area (Å²) in [5.41, 5.74) is -0.945. The van der Waals surface area contributed by atoms with Gasteiger partial charge in [-0.2, -0.15) is 0 Å². The van der Waals surface area contributed by atoms with Gasteiger partial charge >= 0.3 is 0 Å². The number of aliphatic hydroxyl groups is 6. The predicted molar refractivity (Wildman–Crippen MR) is 128 cm³/mol. The number of phenols is 1. The summed E-state index contributed by atoms with van der Waals surface area (Å²) in [6.45, 7) is -1.88. The van der Waals surface area contributed by atoms with Crippen molar-refractivity contribution in [1.82, 2.24) is 0 Å². The molecule has 0 aliphatic carbocycles. The summed E-state index contributed by atoms with van der Waals surface area (Å²) in [5.74, 6) is 0.348. The Morgan fingerprint density at radius 2 is 1.74 bits per heavy atom. The lowest BCUT2D eigenvalue weighted by Gasteiger charge is -2.42. The van der Waals surface area contributed by atoms with Crippen LogP contribution in [0.1, 0.15) is 28.4 Å². The molecular formula is C26H30O13. The molecule has 3 aliphatic heterocycles. The van der Waals surface area contributed by atoms with E-state index < -0.39 is 74.6 Å². The molecule has 0 bridgehead atoms. The molecule has 13 heteroatoms. The van der Waals surface area contributed by atoms with Gasteiger partial charge in [0, 0.05) is 6.07 Å². The van der Waals surface area contributed by atoms with Crippen LogP contribution in [-0.2, 0) is 14.2 Å². The highest BCUT2D eigenvalue weighted by Gasteiger charge is 2.53. The summed E-state index contributed by atoms with van der Waals surface area (Å²) in [7, 11) is 0. The molecule has 0 aromatic heterocycles. The van der Waals surface area contributed by atoms with Crippen LogP contribution >= 0.6 is 0 Å². The average Bonchev–Trinajstić information content (AvgIpc) is 3.21. The summed E-state index contributed by atoms with van der Waals surface area (Å²) < 4.78 is 28.3. The molecule has 0 unspecified atom stereocenters. The molecule has 0 saturated carbocycles. The van der Waals surface area contributed by atoms with Crippen LogP contribution in [0, 0.1) is 0 Å². The lowest BCUT2D eigenvalue weighted by molar-refractivity contribution is -0.318. The zero-order valence-electron chi connectivity index (χ0n) is 20.6. The van der Waals surface area contributed by atoms with Gasteiger partial charge in [0.25, 0.3) is 0 Å². The summed E-state index contributed by atoms with van der Waals surface area (Å²) >= 11 is 0. The molecular weight excluding hydrogens is 520 g/mol. The fraction of sp³-hybridized carbons (Fsp3) is 0.500. The van der Waals surface area contributed by atoms with Gasteiger partial charge in [-0.1, -0.05) is 12.1 Å². The van der Waals surface area contributed by atoms with Crippen LogP contribution in [0.5, 0.6) is 17.2 Å². The van der Waals surface area contributed by atoms with Crippen LogP contribution in [0.25, 0.3) is 0 Å². The Hall–Kier alpha value is -2.85. The highest BCUT2D eigenvalue weighted by atomic mass is 16.8. The zero-order valence-corrected chi connectivity index (χ0v) is 20.6. The van der Waals surface area contributed by atoms with E-state index in [1.165, 1.54) is 18.2 Å². The topological polar surface area (TPSA) is 205 Å². The highest BCUT2D eigenvalue weighted by molar-refractivity contribution is 6.00. The van der Waals surface area contributed by atoms with Crippen LogP contribution in [0.4, 0.5) is 0 Å². The first kappa shape index (κ1) is 27.7. The Kier molecular flexibility index (Phi) is 7.79. The molecule has 13 nitrogen and oxygen atoms in total. The van der Waals surface area contributed by atoms with Crippen molar-refractivity contribution >= 4 is 5.78 Å². The molecule has 3 heterocycles. The number of carbonyl (C=O) groups excluding carboxylic acids is 1. The van der Waals surface area contributed by atoms with E-state index in [0.717, 1.165) is 0 Å². The maximum atomic E-state index is 12.5. The van der Waals surface area contributed by atoms with E-state index in [4.69, 9.17) is 23.7 Å². The van der Waals surface area contributed by atoms with Crippen LogP contribution in [-0.4, -0.2) is 110 Å². The standard InChI is InChI=1S/C26H30O13/c27-9-19-20(31)21(32)22(39-25-23(33)26(34,10-28)11-35-25)24(38-19)36-14-4-1-12(2-5-14)17-8-16(30)15-6-3-13(29)7-18(15)37-17/h1-7,17,19-25,27-29,31-34H,8-11H2/t17-,19-,20+,21+,22+,23-,24+,25+,26-/m0/s1. The highest BCUT2D eigenvalue weighted by Crippen LogP contribution is 2.38. The van der Waals surface area contributed by atoms with E-state index >= 15 is 0 Å². The number of phenolic OH excluding ortho intramolecular Hbond substituents is 1. The summed E-state index contributed by atoms with van der Waals surface area (Å²) in [6, 6.07) is 10.7. The Labute approximate surface area is 222 Å². The van der Waals surface area contributed by atoms with Gasteiger partial charge in [-0.05, 0) is 29.8 Å². The number of hydrogen-bond donors (Lipinski definition) is 7. The molecule has 3 aliphatic rings. The molecule has 0 radical (unpaired) electrons. The number of carbonyl (C=O) groups is 1. The number of aromatic hydroxyl groups is 1. The second kappa shape index (κ2) is 11.0. The van der Waals surface area contributed by atoms with Crippen LogP contribution in [0.2, 0.25) is 0 Å². The molecule has 39 heavy (non-hydrogen) atoms. The SMILES string of the molecule is O=C1C[C@@H](c2ccc(O[C@@H]3O[C@@H](CO)[C@@H](O)[C@@H](O)[C@H]3O[C@H]3OC[C@@](O)(CO)[C@H]3O)cc2)Oc2cc(O)ccc21. The number of aliphatic hydroxyl groups excluding tert-OH is 5. The van der Waals surface area contributed by atoms with Gasteiger partial charge in [0.05, 0.1) is 31.8 Å². The Balaban J connectivity index is 1.31. The summed E-state index contributed by atoms with van der Waals surface area (Å²) in [5, 5.41) is 70.3. The van der Waals surface area contributed by atoms with Crippen LogP contribution in [0.3, 0.4) is 0 Å². The minimum atomic E-state index is -1.98. The number of fused-ring (bicyclic) bond motifs is 1. The third-order valence-electron chi connectivity index (χ3n) is 7.11. The number of Topliss-reactive ketones (excluding diaryl/α,β-unsaturated/α-hetero) is 1. The van der Waals surface area contributed by atoms with Crippen molar-refractivity contribution in [3.05, 3.63) is 53.6 Å². The van der Waals surface area contributed by atoms with Crippen LogP contribution < -0.4 is 9.47 Å². The van der Waals surface area contributed by atoms with Gasteiger partial charge in [-0.15, -0.1) is 0 Å². The molecule has 7 N–H and O–H groups in total. The Morgan fingerprint density at radius 1 is 1.00 bits per heavy atom. The smallest absolute Gasteiger partial charge is 0.229 e. The molecule has 2 aromatic carbocycles. The van der Waals surface area contributed by atoms with Gasteiger partial charge in [0.15, 0.2) is 18.2 Å². The second-order valence-electron chi connectivity index (χ2n) is 9.79.